The van der Waals surface area contributed by atoms with E-state index in [1.165, 1.54) is 5.57 Å². The van der Waals surface area contributed by atoms with E-state index in [4.69, 9.17) is 6.42 Å². The predicted octanol–water partition coefficient (Wildman–Crippen LogP) is 1.48. The fourth-order valence-corrected chi connectivity index (χ4v) is 1.08. The summed E-state index contributed by atoms with van der Waals surface area (Å²) >= 11 is 0. The van der Waals surface area contributed by atoms with Crippen molar-refractivity contribution < 1.29 is 5.11 Å². The molecule has 0 saturated heterocycles. The lowest BCUT2D eigenvalue weighted by molar-refractivity contribution is 0.0903. The van der Waals surface area contributed by atoms with Crippen LogP contribution in [0.2, 0.25) is 0 Å². The first-order valence-corrected chi connectivity index (χ1v) is 3.52. The van der Waals surface area contributed by atoms with Gasteiger partial charge in [-0.3, -0.25) is 0 Å². The van der Waals surface area contributed by atoms with Crippen LogP contribution >= 0.6 is 0 Å². The summed E-state index contributed by atoms with van der Waals surface area (Å²) in [4.78, 5) is 0. The van der Waals surface area contributed by atoms with Crippen LogP contribution in [0.4, 0.5) is 0 Å². The standard InChI is InChI=1S/C9H12O/c1-3-9(10)6-4-8(2)5-7-9/h1,4,10H,5-7H2,2H3. The van der Waals surface area contributed by atoms with Crippen molar-refractivity contribution in [3.8, 4) is 12.3 Å². The van der Waals surface area contributed by atoms with Crippen molar-refractivity contribution >= 4 is 0 Å². The largest absolute Gasteiger partial charge is 0.377 e. The third-order valence-electron chi connectivity index (χ3n) is 1.99. The van der Waals surface area contributed by atoms with Crippen molar-refractivity contribution in [3.05, 3.63) is 11.6 Å². The minimum atomic E-state index is -0.848. The number of hydrogen-bond acceptors (Lipinski definition) is 1. The van der Waals surface area contributed by atoms with Gasteiger partial charge in [-0.2, -0.15) is 0 Å². The van der Waals surface area contributed by atoms with Gasteiger partial charge in [-0.1, -0.05) is 17.6 Å². The second kappa shape index (κ2) is 2.48. The molecule has 0 saturated carbocycles. The van der Waals surface area contributed by atoms with Crippen molar-refractivity contribution in [3.63, 3.8) is 0 Å². The van der Waals surface area contributed by atoms with Gasteiger partial charge in [0.2, 0.25) is 0 Å². The molecule has 0 aliphatic heterocycles. The Hall–Kier alpha value is -0.740. The maximum absolute atomic E-state index is 9.52. The van der Waals surface area contributed by atoms with E-state index in [1.54, 1.807) is 0 Å². The molecular formula is C9H12O. The van der Waals surface area contributed by atoms with E-state index in [9.17, 15) is 5.11 Å². The summed E-state index contributed by atoms with van der Waals surface area (Å²) in [5, 5.41) is 9.52. The van der Waals surface area contributed by atoms with Crippen LogP contribution in [0.25, 0.3) is 0 Å². The van der Waals surface area contributed by atoms with Gasteiger partial charge >= 0.3 is 0 Å². The summed E-state index contributed by atoms with van der Waals surface area (Å²) in [6, 6.07) is 0. The zero-order chi connectivity index (χ0) is 7.61. The number of hydrogen-bond donors (Lipinski definition) is 1. The van der Waals surface area contributed by atoms with Crippen LogP contribution in [0.15, 0.2) is 11.6 Å². The van der Waals surface area contributed by atoms with Crippen LogP contribution < -0.4 is 0 Å². The summed E-state index contributed by atoms with van der Waals surface area (Å²) in [7, 11) is 0. The van der Waals surface area contributed by atoms with Gasteiger partial charge in [-0.05, 0) is 19.8 Å². The minimum absolute atomic E-state index is 0.620. The number of aliphatic hydroxyl groups is 1. The molecule has 0 heterocycles. The molecule has 0 radical (unpaired) electrons. The van der Waals surface area contributed by atoms with Gasteiger partial charge in [0.25, 0.3) is 0 Å². The molecule has 0 aromatic heterocycles. The topological polar surface area (TPSA) is 20.2 Å². The van der Waals surface area contributed by atoms with Gasteiger partial charge < -0.3 is 5.11 Å². The molecule has 1 aliphatic carbocycles. The Kier molecular flexibility index (Phi) is 1.82. The average molecular weight is 136 g/mol. The maximum Gasteiger partial charge on any atom is 0.128 e. The number of allylic oxidation sites excluding steroid dienone is 1. The Balaban J connectivity index is 2.67. The van der Waals surface area contributed by atoms with Crippen molar-refractivity contribution in [2.75, 3.05) is 0 Å². The first kappa shape index (κ1) is 7.37. The zero-order valence-electron chi connectivity index (χ0n) is 6.22. The van der Waals surface area contributed by atoms with E-state index in [2.05, 4.69) is 12.8 Å². The fraction of sp³-hybridized carbons (Fsp3) is 0.556. The summed E-state index contributed by atoms with van der Waals surface area (Å²) in [5.74, 6) is 2.41. The van der Waals surface area contributed by atoms with Crippen molar-refractivity contribution in [2.45, 2.75) is 31.8 Å². The van der Waals surface area contributed by atoms with E-state index < -0.39 is 5.60 Å². The second-order valence-electron chi connectivity index (χ2n) is 2.93. The van der Waals surface area contributed by atoms with Crippen LogP contribution in [-0.4, -0.2) is 10.7 Å². The van der Waals surface area contributed by atoms with Crippen molar-refractivity contribution in [1.82, 2.24) is 0 Å². The van der Waals surface area contributed by atoms with Crippen LogP contribution in [0.1, 0.15) is 26.2 Å². The Morgan fingerprint density at radius 1 is 1.80 bits per heavy atom. The van der Waals surface area contributed by atoms with E-state index in [0.717, 1.165) is 6.42 Å². The lowest BCUT2D eigenvalue weighted by Crippen LogP contribution is -2.27. The lowest BCUT2D eigenvalue weighted by Gasteiger charge is -2.24. The highest BCUT2D eigenvalue weighted by Crippen LogP contribution is 2.25. The van der Waals surface area contributed by atoms with E-state index in [-0.39, 0.29) is 0 Å². The highest BCUT2D eigenvalue weighted by molar-refractivity contribution is 5.17. The Bertz CT molecular complexity index is 197. The van der Waals surface area contributed by atoms with Gasteiger partial charge in [-0.25, -0.2) is 0 Å². The van der Waals surface area contributed by atoms with Crippen molar-refractivity contribution in [2.24, 2.45) is 0 Å². The average Bonchev–Trinajstić information content (AvgIpc) is 1.96. The van der Waals surface area contributed by atoms with E-state index in [0.29, 0.717) is 12.8 Å². The minimum Gasteiger partial charge on any atom is -0.377 e. The monoisotopic (exact) mass is 136 g/mol. The third kappa shape index (κ3) is 1.40. The molecule has 0 amide bonds. The Labute approximate surface area is 61.8 Å². The normalized spacial score (nSPS) is 32.7. The maximum atomic E-state index is 9.52. The highest BCUT2D eigenvalue weighted by Gasteiger charge is 2.24. The molecule has 1 N–H and O–H groups in total. The highest BCUT2D eigenvalue weighted by atomic mass is 16.3. The lowest BCUT2D eigenvalue weighted by atomic mass is 9.87. The summed E-state index contributed by atoms with van der Waals surface area (Å²) in [5.41, 5.74) is 0.486. The molecule has 1 unspecified atom stereocenters. The van der Waals surface area contributed by atoms with Crippen LogP contribution in [0, 0.1) is 12.3 Å². The van der Waals surface area contributed by atoms with Crippen LogP contribution in [0.5, 0.6) is 0 Å². The third-order valence-corrected chi connectivity index (χ3v) is 1.99. The van der Waals surface area contributed by atoms with Gasteiger partial charge in [0, 0.05) is 6.42 Å². The van der Waals surface area contributed by atoms with Crippen LogP contribution in [0.3, 0.4) is 0 Å². The second-order valence-corrected chi connectivity index (χ2v) is 2.93. The molecule has 54 valence electrons. The Morgan fingerprint density at radius 3 is 2.90 bits per heavy atom. The molecule has 0 aromatic carbocycles. The summed E-state index contributed by atoms with van der Waals surface area (Å²) in [6.45, 7) is 2.07. The van der Waals surface area contributed by atoms with E-state index in [1.807, 2.05) is 6.08 Å². The molecule has 1 heteroatoms. The molecule has 0 fully saturated rings. The van der Waals surface area contributed by atoms with Gasteiger partial charge in [0.15, 0.2) is 0 Å². The summed E-state index contributed by atoms with van der Waals surface area (Å²) < 4.78 is 0. The molecule has 0 bridgehead atoms. The molecule has 1 atom stereocenters. The first-order chi connectivity index (χ1) is 4.66. The fourth-order valence-electron chi connectivity index (χ4n) is 1.08. The predicted molar refractivity (Wildman–Crippen MR) is 41.4 cm³/mol. The van der Waals surface area contributed by atoms with Crippen LogP contribution in [-0.2, 0) is 0 Å². The molecule has 1 nitrogen and oxygen atoms in total. The molecule has 0 aromatic rings. The van der Waals surface area contributed by atoms with Crippen molar-refractivity contribution in [1.29, 1.82) is 0 Å². The quantitative estimate of drug-likeness (QED) is 0.395. The van der Waals surface area contributed by atoms with E-state index >= 15 is 0 Å². The van der Waals surface area contributed by atoms with Gasteiger partial charge in [0.1, 0.15) is 5.60 Å². The van der Waals surface area contributed by atoms with Gasteiger partial charge in [0.05, 0.1) is 0 Å². The number of rotatable bonds is 0. The Morgan fingerprint density at radius 2 is 2.50 bits per heavy atom. The number of terminal acetylenes is 1. The first-order valence-electron chi connectivity index (χ1n) is 3.52. The van der Waals surface area contributed by atoms with Gasteiger partial charge in [-0.15, -0.1) is 6.42 Å². The zero-order valence-corrected chi connectivity index (χ0v) is 6.22. The summed E-state index contributed by atoms with van der Waals surface area (Å²) in [6.07, 6.45) is 9.44. The SMILES string of the molecule is C#CC1(O)CC=C(C)CC1. The molecule has 10 heavy (non-hydrogen) atoms. The smallest absolute Gasteiger partial charge is 0.128 e. The molecule has 0 spiro atoms. The molecule has 1 rings (SSSR count). The molecular weight excluding hydrogens is 124 g/mol. The molecule has 1 aliphatic rings.